The first-order valence-corrected chi connectivity index (χ1v) is 7.05. The van der Waals surface area contributed by atoms with Gasteiger partial charge in [-0.3, -0.25) is 4.79 Å². The second-order valence-electron chi connectivity index (χ2n) is 5.81. The summed E-state index contributed by atoms with van der Waals surface area (Å²) < 4.78 is 11.3. The Hall–Kier alpha value is -0.410. The third kappa shape index (κ3) is 2.27. The Bertz CT molecular complexity index is 302. The highest BCUT2D eigenvalue weighted by Crippen LogP contribution is 2.50. The molecule has 0 aromatic carbocycles. The second kappa shape index (κ2) is 4.69. The molecule has 17 heavy (non-hydrogen) atoms. The SMILES string of the molecule is CCCCOC[C@@H]1C(=O)C[C@@H]2CC3OC3C[C@H]21. The van der Waals surface area contributed by atoms with Gasteiger partial charge in [0.1, 0.15) is 5.78 Å². The van der Waals surface area contributed by atoms with Crippen molar-refractivity contribution in [2.45, 2.75) is 51.2 Å². The van der Waals surface area contributed by atoms with Gasteiger partial charge in [0.25, 0.3) is 0 Å². The van der Waals surface area contributed by atoms with Crippen LogP contribution < -0.4 is 0 Å². The first-order valence-electron chi connectivity index (χ1n) is 7.05. The lowest BCUT2D eigenvalue weighted by atomic mass is 9.78. The minimum Gasteiger partial charge on any atom is -0.381 e. The molecule has 1 heterocycles. The Balaban J connectivity index is 1.53. The van der Waals surface area contributed by atoms with Gasteiger partial charge in [0, 0.05) is 18.9 Å². The van der Waals surface area contributed by atoms with Crippen LogP contribution in [0.25, 0.3) is 0 Å². The molecule has 2 unspecified atom stereocenters. The third-order valence-electron chi connectivity index (χ3n) is 4.67. The number of fused-ring (bicyclic) bond motifs is 2. The Morgan fingerprint density at radius 1 is 1.35 bits per heavy atom. The first-order chi connectivity index (χ1) is 8.29. The van der Waals surface area contributed by atoms with E-state index in [9.17, 15) is 4.79 Å². The topological polar surface area (TPSA) is 38.8 Å². The lowest BCUT2D eigenvalue weighted by Crippen LogP contribution is -2.28. The summed E-state index contributed by atoms with van der Waals surface area (Å²) in [6, 6.07) is 0. The Morgan fingerprint density at radius 2 is 2.18 bits per heavy atom. The number of ketones is 1. The molecule has 2 saturated carbocycles. The monoisotopic (exact) mass is 238 g/mol. The largest absolute Gasteiger partial charge is 0.381 e. The highest BCUT2D eigenvalue weighted by molar-refractivity contribution is 5.84. The zero-order valence-electron chi connectivity index (χ0n) is 10.6. The van der Waals surface area contributed by atoms with Gasteiger partial charge in [-0.15, -0.1) is 0 Å². The van der Waals surface area contributed by atoms with Crippen LogP contribution in [0.3, 0.4) is 0 Å². The molecular weight excluding hydrogens is 216 g/mol. The maximum atomic E-state index is 12.0. The molecule has 3 heteroatoms. The molecule has 3 fully saturated rings. The van der Waals surface area contributed by atoms with Crippen molar-refractivity contribution in [2.75, 3.05) is 13.2 Å². The smallest absolute Gasteiger partial charge is 0.138 e. The predicted molar refractivity (Wildman–Crippen MR) is 63.7 cm³/mol. The van der Waals surface area contributed by atoms with Crippen LogP contribution in [0, 0.1) is 17.8 Å². The number of hydrogen-bond donors (Lipinski definition) is 0. The molecule has 0 bridgehead atoms. The maximum Gasteiger partial charge on any atom is 0.138 e. The molecule has 96 valence electrons. The zero-order valence-corrected chi connectivity index (χ0v) is 10.6. The fourth-order valence-electron chi connectivity index (χ4n) is 3.58. The number of Topliss-reactive ketones (excluding diaryl/α,β-unsaturated/α-hetero) is 1. The molecule has 1 aliphatic heterocycles. The van der Waals surface area contributed by atoms with Crippen molar-refractivity contribution in [1.29, 1.82) is 0 Å². The minimum atomic E-state index is 0.169. The van der Waals surface area contributed by atoms with Gasteiger partial charge in [-0.1, -0.05) is 13.3 Å². The number of hydrogen-bond acceptors (Lipinski definition) is 3. The highest BCUT2D eigenvalue weighted by Gasteiger charge is 2.54. The van der Waals surface area contributed by atoms with Crippen LogP contribution in [-0.4, -0.2) is 31.2 Å². The number of unbranched alkanes of at least 4 members (excludes halogenated alkanes) is 1. The van der Waals surface area contributed by atoms with E-state index >= 15 is 0 Å². The molecular formula is C14H22O3. The summed E-state index contributed by atoms with van der Waals surface area (Å²) >= 11 is 0. The number of carbonyl (C=O) groups excluding carboxylic acids is 1. The zero-order chi connectivity index (χ0) is 11.8. The lowest BCUT2D eigenvalue weighted by Gasteiger charge is -2.25. The van der Waals surface area contributed by atoms with E-state index in [0.29, 0.717) is 36.4 Å². The molecule has 1 saturated heterocycles. The molecule has 3 aliphatic rings. The standard InChI is InChI=1S/C14H22O3/c1-2-3-4-16-8-11-10-7-14-13(17-14)6-9(10)5-12(11)15/h9-11,13-14H,2-8H2,1H3/t9-,10-,11+,13?,14?/m1/s1. The summed E-state index contributed by atoms with van der Waals surface area (Å²) in [5.41, 5.74) is 0. The van der Waals surface area contributed by atoms with Gasteiger partial charge in [-0.2, -0.15) is 0 Å². The van der Waals surface area contributed by atoms with Crippen molar-refractivity contribution < 1.29 is 14.3 Å². The quantitative estimate of drug-likeness (QED) is 0.544. The maximum absolute atomic E-state index is 12.0. The van der Waals surface area contributed by atoms with Crippen molar-refractivity contribution in [3.05, 3.63) is 0 Å². The van der Waals surface area contributed by atoms with Crippen LogP contribution in [0.15, 0.2) is 0 Å². The number of rotatable bonds is 5. The molecule has 3 nitrogen and oxygen atoms in total. The molecule has 0 amide bonds. The predicted octanol–water partition coefficient (Wildman–Crippen LogP) is 2.19. The molecule has 0 aromatic rings. The molecule has 3 rings (SSSR count). The Kier molecular flexibility index (Phi) is 3.22. The van der Waals surface area contributed by atoms with Gasteiger partial charge >= 0.3 is 0 Å². The molecule has 0 spiro atoms. The van der Waals surface area contributed by atoms with Crippen molar-refractivity contribution in [2.24, 2.45) is 17.8 Å². The third-order valence-corrected chi connectivity index (χ3v) is 4.67. The molecule has 0 N–H and O–H groups in total. The van der Waals surface area contributed by atoms with Gasteiger partial charge in [0.15, 0.2) is 0 Å². The highest BCUT2D eigenvalue weighted by atomic mass is 16.6. The van der Waals surface area contributed by atoms with Gasteiger partial charge in [-0.25, -0.2) is 0 Å². The summed E-state index contributed by atoms with van der Waals surface area (Å²) in [7, 11) is 0. The molecule has 2 aliphatic carbocycles. The minimum absolute atomic E-state index is 0.169. The number of ether oxygens (including phenoxy) is 2. The van der Waals surface area contributed by atoms with E-state index in [0.717, 1.165) is 38.7 Å². The van der Waals surface area contributed by atoms with Crippen molar-refractivity contribution in [1.82, 2.24) is 0 Å². The van der Waals surface area contributed by atoms with Gasteiger partial charge in [-0.05, 0) is 31.1 Å². The van der Waals surface area contributed by atoms with E-state index in [1.54, 1.807) is 0 Å². The fourth-order valence-corrected chi connectivity index (χ4v) is 3.58. The van der Waals surface area contributed by atoms with Crippen LogP contribution in [0.1, 0.15) is 39.0 Å². The average molecular weight is 238 g/mol. The summed E-state index contributed by atoms with van der Waals surface area (Å²) in [6.45, 7) is 3.61. The summed E-state index contributed by atoms with van der Waals surface area (Å²) in [4.78, 5) is 12.0. The number of carbonyl (C=O) groups is 1. The molecule has 5 atom stereocenters. The van der Waals surface area contributed by atoms with Crippen molar-refractivity contribution >= 4 is 5.78 Å². The lowest BCUT2D eigenvalue weighted by molar-refractivity contribution is -0.123. The van der Waals surface area contributed by atoms with Crippen LogP contribution in [-0.2, 0) is 14.3 Å². The summed E-state index contributed by atoms with van der Waals surface area (Å²) in [5.74, 6) is 1.75. The van der Waals surface area contributed by atoms with E-state index in [1.807, 2.05) is 0 Å². The normalized spacial score (nSPS) is 43.4. The van der Waals surface area contributed by atoms with Crippen molar-refractivity contribution in [3.8, 4) is 0 Å². The van der Waals surface area contributed by atoms with E-state index < -0.39 is 0 Å². The van der Waals surface area contributed by atoms with Crippen molar-refractivity contribution in [3.63, 3.8) is 0 Å². The first kappa shape index (κ1) is 11.7. The van der Waals surface area contributed by atoms with E-state index in [-0.39, 0.29) is 5.92 Å². The van der Waals surface area contributed by atoms with Crippen LogP contribution in [0.5, 0.6) is 0 Å². The number of epoxide rings is 1. The fraction of sp³-hybridized carbons (Fsp3) is 0.929. The van der Waals surface area contributed by atoms with Crippen LogP contribution in [0.4, 0.5) is 0 Å². The van der Waals surface area contributed by atoms with Gasteiger partial charge in [0.2, 0.25) is 0 Å². The second-order valence-corrected chi connectivity index (χ2v) is 5.81. The average Bonchev–Trinajstić information content (AvgIpc) is 2.99. The van der Waals surface area contributed by atoms with Crippen LogP contribution in [0.2, 0.25) is 0 Å². The Labute approximate surface area is 103 Å². The molecule has 0 aromatic heterocycles. The van der Waals surface area contributed by atoms with E-state index in [4.69, 9.17) is 9.47 Å². The van der Waals surface area contributed by atoms with Gasteiger partial charge in [0.05, 0.1) is 18.8 Å². The summed E-state index contributed by atoms with van der Waals surface area (Å²) in [5, 5.41) is 0. The van der Waals surface area contributed by atoms with Crippen LogP contribution >= 0.6 is 0 Å². The van der Waals surface area contributed by atoms with E-state index in [2.05, 4.69) is 6.92 Å². The van der Waals surface area contributed by atoms with Gasteiger partial charge < -0.3 is 9.47 Å². The van der Waals surface area contributed by atoms with E-state index in [1.165, 1.54) is 0 Å². The molecule has 0 radical (unpaired) electrons. The Morgan fingerprint density at radius 3 is 3.00 bits per heavy atom. The summed E-state index contributed by atoms with van der Waals surface area (Å²) in [6.07, 6.45) is 6.21.